The second kappa shape index (κ2) is 6.89. The summed E-state index contributed by atoms with van der Waals surface area (Å²) in [5, 5.41) is 11.2. The van der Waals surface area contributed by atoms with Crippen LogP contribution in [0.2, 0.25) is 0 Å². The Morgan fingerprint density at radius 1 is 1.20 bits per heavy atom. The van der Waals surface area contributed by atoms with Gasteiger partial charge in [-0.1, -0.05) is 50.1 Å². The smallest absolute Gasteiger partial charge is 0.314 e. The largest absolute Gasteiger partial charge is 0.465 e. The van der Waals surface area contributed by atoms with Crippen molar-refractivity contribution in [1.29, 1.82) is 0 Å². The Bertz CT molecular complexity index is 425. The fraction of sp³-hybridized carbons (Fsp3) is 0.588. The first-order valence-electron chi connectivity index (χ1n) is 7.35. The molecule has 0 saturated carbocycles. The maximum absolute atomic E-state index is 12.3. The van der Waals surface area contributed by atoms with E-state index in [1.54, 1.807) is 20.8 Å². The average molecular weight is 278 g/mol. The number of carbonyl (C=O) groups excluding carboxylic acids is 1. The quantitative estimate of drug-likeness (QED) is 0.774. The highest BCUT2D eigenvalue weighted by molar-refractivity contribution is 5.78. The van der Waals surface area contributed by atoms with Crippen LogP contribution in [0, 0.1) is 5.41 Å². The molecule has 3 nitrogen and oxygen atoms in total. The highest BCUT2D eigenvalue weighted by Crippen LogP contribution is 2.44. The van der Waals surface area contributed by atoms with Crippen LogP contribution in [0.1, 0.15) is 52.5 Å². The molecule has 112 valence electrons. The molecule has 0 aliphatic rings. The molecule has 1 atom stereocenters. The summed E-state index contributed by atoms with van der Waals surface area (Å²) < 4.78 is 5.16. The van der Waals surface area contributed by atoms with Gasteiger partial charge >= 0.3 is 5.97 Å². The van der Waals surface area contributed by atoms with Crippen molar-refractivity contribution in [2.75, 3.05) is 6.61 Å². The van der Waals surface area contributed by atoms with E-state index in [-0.39, 0.29) is 5.97 Å². The fourth-order valence-corrected chi connectivity index (χ4v) is 2.44. The van der Waals surface area contributed by atoms with E-state index in [4.69, 9.17) is 4.74 Å². The predicted molar refractivity (Wildman–Crippen MR) is 80.3 cm³/mol. The third kappa shape index (κ3) is 3.21. The van der Waals surface area contributed by atoms with Crippen molar-refractivity contribution in [3.05, 3.63) is 35.9 Å². The van der Waals surface area contributed by atoms with Crippen LogP contribution in [0.5, 0.6) is 0 Å². The highest BCUT2D eigenvalue weighted by atomic mass is 16.5. The Hall–Kier alpha value is -1.35. The van der Waals surface area contributed by atoms with Crippen LogP contribution in [0.25, 0.3) is 0 Å². The first-order chi connectivity index (χ1) is 9.40. The van der Waals surface area contributed by atoms with E-state index < -0.39 is 11.0 Å². The summed E-state index contributed by atoms with van der Waals surface area (Å²) in [6.07, 6.45) is 2.36. The molecular weight excluding hydrogens is 252 g/mol. The van der Waals surface area contributed by atoms with E-state index in [1.807, 2.05) is 30.3 Å². The molecule has 0 radical (unpaired) electrons. The van der Waals surface area contributed by atoms with Crippen LogP contribution in [0.15, 0.2) is 30.3 Å². The van der Waals surface area contributed by atoms with Crippen LogP contribution in [-0.2, 0) is 15.1 Å². The number of ether oxygens (including phenoxy) is 1. The molecular formula is C17H26O3. The second-order valence-electron chi connectivity index (χ2n) is 5.68. The van der Waals surface area contributed by atoms with Crippen molar-refractivity contribution < 1.29 is 14.6 Å². The van der Waals surface area contributed by atoms with Gasteiger partial charge in [0.1, 0.15) is 5.60 Å². The van der Waals surface area contributed by atoms with E-state index >= 15 is 0 Å². The first-order valence-corrected chi connectivity index (χ1v) is 7.35. The maximum atomic E-state index is 12.3. The zero-order chi connectivity index (χ0) is 15.2. The van der Waals surface area contributed by atoms with Crippen molar-refractivity contribution in [2.45, 2.75) is 52.6 Å². The lowest BCUT2D eigenvalue weighted by molar-refractivity contribution is -0.174. The van der Waals surface area contributed by atoms with Crippen LogP contribution >= 0.6 is 0 Å². The van der Waals surface area contributed by atoms with Crippen LogP contribution in [0.4, 0.5) is 0 Å². The number of carbonyl (C=O) groups is 1. The zero-order valence-electron chi connectivity index (χ0n) is 13.0. The normalized spacial score (nSPS) is 14.7. The standard InChI is InChI=1S/C17H26O3/c1-5-7-13-17(19,14-11-9-8-10-12-14)16(3,4)15(18)20-6-2/h8-12,19H,5-7,13H2,1-4H3/t17-/m1/s1. The van der Waals surface area contributed by atoms with Crippen LogP contribution in [0.3, 0.4) is 0 Å². The van der Waals surface area contributed by atoms with E-state index in [0.717, 1.165) is 18.4 Å². The molecule has 0 aliphatic heterocycles. The van der Waals surface area contributed by atoms with Gasteiger partial charge in [0.05, 0.1) is 12.0 Å². The van der Waals surface area contributed by atoms with Gasteiger partial charge in [0.2, 0.25) is 0 Å². The Balaban J connectivity index is 3.20. The molecule has 20 heavy (non-hydrogen) atoms. The summed E-state index contributed by atoms with van der Waals surface area (Å²) in [4.78, 5) is 12.3. The van der Waals surface area contributed by atoms with Crippen molar-refractivity contribution in [1.82, 2.24) is 0 Å². The second-order valence-corrected chi connectivity index (χ2v) is 5.68. The molecule has 1 rings (SSSR count). The van der Waals surface area contributed by atoms with Crippen LogP contribution < -0.4 is 0 Å². The molecule has 0 saturated heterocycles. The van der Waals surface area contributed by atoms with Crippen molar-refractivity contribution in [3.8, 4) is 0 Å². The van der Waals surface area contributed by atoms with Gasteiger partial charge < -0.3 is 9.84 Å². The summed E-state index contributed by atoms with van der Waals surface area (Å²) >= 11 is 0. The predicted octanol–water partition coefficient (Wildman–Crippen LogP) is 3.65. The molecule has 0 spiro atoms. The SMILES string of the molecule is CCCC[C@@](O)(c1ccccc1)C(C)(C)C(=O)OCC. The third-order valence-electron chi connectivity index (χ3n) is 3.96. The maximum Gasteiger partial charge on any atom is 0.314 e. The Labute approximate surface area is 122 Å². The van der Waals surface area contributed by atoms with Gasteiger partial charge in [-0.15, -0.1) is 0 Å². The van der Waals surface area contributed by atoms with Gasteiger partial charge in [0.25, 0.3) is 0 Å². The molecule has 0 heterocycles. The molecule has 1 N–H and O–H groups in total. The van der Waals surface area contributed by atoms with Gasteiger partial charge in [0, 0.05) is 0 Å². The Morgan fingerprint density at radius 3 is 2.30 bits per heavy atom. The Kier molecular flexibility index (Phi) is 5.75. The summed E-state index contributed by atoms with van der Waals surface area (Å²) in [7, 11) is 0. The monoisotopic (exact) mass is 278 g/mol. The number of unbranched alkanes of at least 4 members (excludes halogenated alkanes) is 1. The van der Waals surface area contributed by atoms with Crippen molar-refractivity contribution in [3.63, 3.8) is 0 Å². The lowest BCUT2D eigenvalue weighted by Gasteiger charge is -2.41. The summed E-state index contributed by atoms with van der Waals surface area (Å²) in [5.74, 6) is -0.359. The fourth-order valence-electron chi connectivity index (χ4n) is 2.44. The lowest BCUT2D eigenvalue weighted by atomic mass is 9.68. The topological polar surface area (TPSA) is 46.5 Å². The summed E-state index contributed by atoms with van der Waals surface area (Å²) in [5.41, 5.74) is -1.43. The third-order valence-corrected chi connectivity index (χ3v) is 3.96. The first kappa shape index (κ1) is 16.7. The number of esters is 1. The zero-order valence-corrected chi connectivity index (χ0v) is 13.0. The molecule has 0 aliphatic carbocycles. The lowest BCUT2D eigenvalue weighted by Crippen LogP contribution is -2.48. The number of hydrogen-bond acceptors (Lipinski definition) is 3. The molecule has 0 amide bonds. The summed E-state index contributed by atoms with van der Waals surface area (Å²) in [6.45, 7) is 7.69. The number of hydrogen-bond donors (Lipinski definition) is 1. The van der Waals surface area contributed by atoms with E-state index in [9.17, 15) is 9.90 Å². The molecule has 0 unspecified atom stereocenters. The molecule has 0 aromatic heterocycles. The van der Waals surface area contributed by atoms with Crippen molar-refractivity contribution in [2.24, 2.45) is 5.41 Å². The molecule has 1 aromatic carbocycles. The van der Waals surface area contributed by atoms with Gasteiger partial charge in [-0.2, -0.15) is 0 Å². The minimum Gasteiger partial charge on any atom is -0.465 e. The van der Waals surface area contributed by atoms with E-state index in [0.29, 0.717) is 13.0 Å². The number of benzene rings is 1. The number of rotatable bonds is 7. The Morgan fingerprint density at radius 2 is 1.80 bits per heavy atom. The minimum atomic E-state index is -1.21. The van der Waals surface area contributed by atoms with Gasteiger partial charge in [-0.25, -0.2) is 0 Å². The minimum absolute atomic E-state index is 0.320. The van der Waals surface area contributed by atoms with Crippen molar-refractivity contribution >= 4 is 5.97 Å². The summed E-state index contributed by atoms with van der Waals surface area (Å²) in [6, 6.07) is 9.41. The molecule has 3 heteroatoms. The highest BCUT2D eigenvalue weighted by Gasteiger charge is 2.50. The van der Waals surface area contributed by atoms with E-state index in [2.05, 4.69) is 6.92 Å². The van der Waals surface area contributed by atoms with E-state index in [1.165, 1.54) is 0 Å². The average Bonchev–Trinajstić information content (AvgIpc) is 2.45. The van der Waals surface area contributed by atoms with Gasteiger partial charge in [0.15, 0.2) is 0 Å². The molecule has 1 aromatic rings. The van der Waals surface area contributed by atoms with Gasteiger partial charge in [-0.05, 0) is 32.8 Å². The molecule has 0 bridgehead atoms. The molecule has 0 fully saturated rings. The number of aliphatic hydroxyl groups is 1. The van der Waals surface area contributed by atoms with Gasteiger partial charge in [-0.3, -0.25) is 4.79 Å². The van der Waals surface area contributed by atoms with Crippen LogP contribution in [-0.4, -0.2) is 17.7 Å².